The van der Waals surface area contributed by atoms with E-state index < -0.39 is 17.1 Å². The van der Waals surface area contributed by atoms with Gasteiger partial charge in [0.25, 0.3) is 0 Å². The average Bonchev–Trinajstić information content (AvgIpc) is 3.01. The van der Waals surface area contributed by atoms with E-state index in [-0.39, 0.29) is 30.7 Å². The van der Waals surface area contributed by atoms with E-state index in [4.69, 9.17) is 17.3 Å². The van der Waals surface area contributed by atoms with Crippen molar-refractivity contribution in [1.29, 1.82) is 0 Å². The van der Waals surface area contributed by atoms with Crippen molar-refractivity contribution in [2.24, 2.45) is 5.73 Å². The molecule has 6 nitrogen and oxygen atoms in total. The lowest BCUT2D eigenvalue weighted by Gasteiger charge is -2.22. The molecule has 1 aromatic rings. The average molecular weight is 338 g/mol. The molecule has 1 saturated heterocycles. The van der Waals surface area contributed by atoms with Gasteiger partial charge in [-0.3, -0.25) is 14.4 Å². The van der Waals surface area contributed by atoms with Crippen LogP contribution in [-0.2, 0) is 14.4 Å². The van der Waals surface area contributed by atoms with Gasteiger partial charge < -0.3 is 15.7 Å². The van der Waals surface area contributed by atoms with Crippen molar-refractivity contribution in [2.75, 3.05) is 6.54 Å². The number of nitrogens with zero attached hydrogens (tertiary/aromatic N) is 1. The fourth-order valence-corrected chi connectivity index (χ4v) is 4.76. The molecule has 1 fully saturated rings. The van der Waals surface area contributed by atoms with E-state index in [9.17, 15) is 14.4 Å². The van der Waals surface area contributed by atoms with Crippen LogP contribution in [-0.4, -0.2) is 39.6 Å². The number of thiophene rings is 1. The van der Waals surface area contributed by atoms with Gasteiger partial charge in [0.1, 0.15) is 5.37 Å². The van der Waals surface area contributed by atoms with Crippen molar-refractivity contribution < 1.29 is 19.5 Å². The molecule has 2 rings (SSSR count). The summed E-state index contributed by atoms with van der Waals surface area (Å²) in [5, 5.41) is 9.70. The van der Waals surface area contributed by atoms with Crippen LogP contribution in [0.15, 0.2) is 11.4 Å². The summed E-state index contributed by atoms with van der Waals surface area (Å²) < 4.78 is 0. The number of aliphatic carboxylic acids is 1. The second-order valence-corrected chi connectivity index (χ2v) is 6.90. The topological polar surface area (TPSA) is 101 Å². The molecule has 116 valence electrons. The van der Waals surface area contributed by atoms with E-state index in [1.165, 1.54) is 28.0 Å². The van der Waals surface area contributed by atoms with Crippen LogP contribution >= 0.6 is 23.1 Å². The molecule has 0 radical (unpaired) electrons. The number of carboxylic acids is 1. The molecule has 2 heterocycles. The molecule has 22 heavy (non-hydrogen) atoms. The Labute approximate surface area is 135 Å². The first-order chi connectivity index (χ1) is 10.4. The Morgan fingerprint density at radius 1 is 1.50 bits per heavy atom. The fraction of sp³-hybridized carbons (Fsp3) is 0.357. The molecule has 2 atom stereocenters. The molecule has 1 aliphatic rings. The quantitative estimate of drug-likeness (QED) is 0.754. The van der Waals surface area contributed by atoms with E-state index in [1.807, 2.05) is 5.38 Å². The minimum Gasteiger partial charge on any atom is -0.481 e. The Kier molecular flexibility index (Phi) is 5.11. The van der Waals surface area contributed by atoms with E-state index >= 15 is 0 Å². The molecule has 2 unspecified atom stereocenters. The maximum absolute atomic E-state index is 12.4. The second-order valence-electron chi connectivity index (χ2n) is 4.67. The number of hydrogen-bond donors (Lipinski definition) is 2. The molecule has 0 aliphatic carbocycles. The summed E-state index contributed by atoms with van der Waals surface area (Å²) in [5.74, 6) is 0.713. The van der Waals surface area contributed by atoms with E-state index in [0.29, 0.717) is 5.56 Å². The number of rotatable bonds is 6. The molecular formula is C14H14N2O4S2. The highest BCUT2D eigenvalue weighted by Crippen LogP contribution is 2.46. The Bertz CT molecular complexity index is 650. The van der Waals surface area contributed by atoms with Gasteiger partial charge in [-0.1, -0.05) is 5.92 Å². The largest absolute Gasteiger partial charge is 0.481 e. The van der Waals surface area contributed by atoms with E-state index in [2.05, 4.69) is 5.92 Å². The Morgan fingerprint density at radius 3 is 2.82 bits per heavy atom. The summed E-state index contributed by atoms with van der Waals surface area (Å²) in [6.07, 6.45) is 5.22. The predicted octanol–water partition coefficient (Wildman–Crippen LogP) is 1.02. The minimum atomic E-state index is -1.04. The molecule has 0 bridgehead atoms. The summed E-state index contributed by atoms with van der Waals surface area (Å²) >= 11 is 2.66. The zero-order valence-corrected chi connectivity index (χ0v) is 13.2. The van der Waals surface area contributed by atoms with Crippen molar-refractivity contribution in [1.82, 2.24) is 4.90 Å². The van der Waals surface area contributed by atoms with Crippen molar-refractivity contribution in [3.05, 3.63) is 21.9 Å². The number of terminal acetylenes is 1. The van der Waals surface area contributed by atoms with Crippen LogP contribution < -0.4 is 5.73 Å². The van der Waals surface area contributed by atoms with Crippen molar-refractivity contribution in [3.63, 3.8) is 0 Å². The normalized spacial score (nSPS) is 20.9. The van der Waals surface area contributed by atoms with Crippen LogP contribution in [0.1, 0.15) is 28.7 Å². The molecular weight excluding hydrogens is 324 g/mol. The van der Waals surface area contributed by atoms with Gasteiger partial charge in [0.15, 0.2) is 0 Å². The lowest BCUT2D eigenvalue weighted by molar-refractivity contribution is -0.140. The summed E-state index contributed by atoms with van der Waals surface area (Å²) in [6, 6.07) is 1.78. The number of hydrogen-bond acceptors (Lipinski definition) is 5. The zero-order valence-electron chi connectivity index (χ0n) is 11.5. The third-order valence-corrected chi connectivity index (χ3v) is 5.73. The van der Waals surface area contributed by atoms with Crippen LogP contribution in [0.4, 0.5) is 0 Å². The maximum Gasteiger partial charge on any atom is 0.305 e. The Balaban J connectivity index is 2.28. The van der Waals surface area contributed by atoms with Gasteiger partial charge in [0.2, 0.25) is 11.8 Å². The first kappa shape index (κ1) is 16.4. The fourth-order valence-electron chi connectivity index (χ4n) is 2.17. The van der Waals surface area contributed by atoms with Crippen molar-refractivity contribution in [2.45, 2.75) is 23.5 Å². The first-order valence-corrected chi connectivity index (χ1v) is 8.26. The van der Waals surface area contributed by atoms with Gasteiger partial charge in [-0.05, 0) is 11.4 Å². The third-order valence-electron chi connectivity index (χ3n) is 3.17. The van der Waals surface area contributed by atoms with Gasteiger partial charge in [0.05, 0.1) is 16.5 Å². The zero-order chi connectivity index (χ0) is 16.3. The standard InChI is InChI=1S/C14H14N2O4S2/c1-2-8-4-6-21-12(8)14-16(5-3-10(15)17)13(20)9(22-14)7-11(18)19/h1,4,6,9,14H,3,5,7H2,(H2,15,17)(H,18,19). The number of thioether (sulfide) groups is 1. The second kappa shape index (κ2) is 6.85. The van der Waals surface area contributed by atoms with E-state index in [1.54, 1.807) is 6.07 Å². The lowest BCUT2D eigenvalue weighted by atomic mass is 10.2. The lowest BCUT2D eigenvalue weighted by Crippen LogP contribution is -2.34. The molecule has 2 amide bonds. The van der Waals surface area contributed by atoms with E-state index in [0.717, 1.165) is 4.88 Å². The number of carbonyl (C=O) groups excluding carboxylic acids is 2. The van der Waals surface area contributed by atoms with Crippen molar-refractivity contribution >= 4 is 40.9 Å². The Hall–Kier alpha value is -1.98. The summed E-state index contributed by atoms with van der Waals surface area (Å²) in [6.45, 7) is 0.157. The highest BCUT2D eigenvalue weighted by molar-refractivity contribution is 8.01. The van der Waals surface area contributed by atoms with Crippen LogP contribution in [0.5, 0.6) is 0 Å². The first-order valence-electron chi connectivity index (χ1n) is 6.44. The van der Waals surface area contributed by atoms with Gasteiger partial charge in [0, 0.05) is 18.5 Å². The predicted molar refractivity (Wildman–Crippen MR) is 84.2 cm³/mol. The third kappa shape index (κ3) is 3.43. The number of carboxylic acid groups (broad SMARTS) is 1. The number of amides is 2. The van der Waals surface area contributed by atoms with Crippen LogP contribution in [0.25, 0.3) is 0 Å². The highest BCUT2D eigenvalue weighted by Gasteiger charge is 2.42. The molecule has 0 spiro atoms. The van der Waals surface area contributed by atoms with Gasteiger partial charge in [-0.25, -0.2) is 0 Å². The number of primary amides is 1. The molecule has 3 N–H and O–H groups in total. The number of carbonyl (C=O) groups is 3. The molecule has 1 aliphatic heterocycles. The van der Waals surface area contributed by atoms with Crippen molar-refractivity contribution in [3.8, 4) is 12.3 Å². The molecule has 0 aromatic carbocycles. The van der Waals surface area contributed by atoms with Crippen LogP contribution in [0.2, 0.25) is 0 Å². The summed E-state index contributed by atoms with van der Waals surface area (Å²) in [7, 11) is 0. The van der Waals surface area contributed by atoms with Crippen LogP contribution in [0, 0.1) is 12.3 Å². The minimum absolute atomic E-state index is 0.0271. The molecule has 0 saturated carbocycles. The van der Waals surface area contributed by atoms with Gasteiger partial charge >= 0.3 is 5.97 Å². The monoisotopic (exact) mass is 338 g/mol. The van der Waals surface area contributed by atoms with Gasteiger partial charge in [-0.2, -0.15) is 0 Å². The van der Waals surface area contributed by atoms with Gasteiger partial charge in [-0.15, -0.1) is 29.5 Å². The summed E-state index contributed by atoms with van der Waals surface area (Å²) in [5.41, 5.74) is 5.82. The highest BCUT2D eigenvalue weighted by atomic mass is 32.2. The maximum atomic E-state index is 12.4. The molecule has 8 heteroatoms. The SMILES string of the molecule is C#Cc1ccsc1C1SC(CC(=O)O)C(=O)N1CCC(N)=O. The molecule has 1 aromatic heterocycles. The van der Waals surface area contributed by atoms with Crippen LogP contribution in [0.3, 0.4) is 0 Å². The Morgan fingerprint density at radius 2 is 2.23 bits per heavy atom. The summed E-state index contributed by atoms with van der Waals surface area (Å²) in [4.78, 5) is 36.6. The smallest absolute Gasteiger partial charge is 0.305 e. The number of nitrogens with two attached hydrogens (primary N) is 1.